The van der Waals surface area contributed by atoms with Gasteiger partial charge < -0.3 is 4.74 Å². The Kier molecular flexibility index (Phi) is 5.49. The molecule has 1 aromatic rings. The molecule has 0 aromatic heterocycles. The van der Waals surface area contributed by atoms with Crippen molar-refractivity contribution in [1.29, 1.82) is 0 Å². The highest BCUT2D eigenvalue weighted by Crippen LogP contribution is 2.18. The van der Waals surface area contributed by atoms with Gasteiger partial charge in [0.1, 0.15) is 11.3 Å². The van der Waals surface area contributed by atoms with Crippen molar-refractivity contribution in [3.05, 3.63) is 29.8 Å². The van der Waals surface area contributed by atoms with Crippen LogP contribution in [0.3, 0.4) is 0 Å². The predicted molar refractivity (Wildman–Crippen MR) is 63.8 cm³/mol. The van der Waals surface area contributed by atoms with E-state index in [0.29, 0.717) is 30.4 Å². The van der Waals surface area contributed by atoms with Crippen molar-refractivity contribution in [2.24, 2.45) is 5.92 Å². The zero-order valence-corrected chi connectivity index (χ0v) is 10.4. The van der Waals surface area contributed by atoms with Crippen LogP contribution < -0.4 is 4.74 Å². The van der Waals surface area contributed by atoms with Crippen LogP contribution in [0.2, 0.25) is 0 Å². The van der Waals surface area contributed by atoms with E-state index in [1.54, 1.807) is 24.3 Å². The number of rotatable bonds is 6. The second-order valence-electron chi connectivity index (χ2n) is 3.98. The van der Waals surface area contributed by atoms with Crippen LogP contribution in [0, 0.1) is 5.92 Å². The first kappa shape index (κ1) is 13.5. The topological polar surface area (TPSA) is 44.8 Å². The van der Waals surface area contributed by atoms with Gasteiger partial charge in [0.05, 0.1) is 13.2 Å². The summed E-state index contributed by atoms with van der Waals surface area (Å²) in [5.74, 6) is 0.285. The van der Waals surface area contributed by atoms with Gasteiger partial charge in [-0.2, -0.15) is 4.89 Å². The van der Waals surface area contributed by atoms with E-state index in [0.717, 1.165) is 0 Å². The second-order valence-corrected chi connectivity index (χ2v) is 3.98. The standard InChI is InChI=1S/C13H18O4/c1-4-15-12-8-6-5-7-11(12)13(14)17-16-9-10(2)3/h5-8,10H,4,9H2,1-3H3. The van der Waals surface area contributed by atoms with Crippen LogP contribution in [0.4, 0.5) is 0 Å². The third kappa shape index (κ3) is 4.44. The number of para-hydroxylation sites is 1. The van der Waals surface area contributed by atoms with Gasteiger partial charge in [0, 0.05) is 0 Å². The summed E-state index contributed by atoms with van der Waals surface area (Å²) in [6, 6.07) is 6.92. The molecule has 0 radical (unpaired) electrons. The van der Waals surface area contributed by atoms with Crippen molar-refractivity contribution < 1.29 is 19.3 Å². The Bertz CT molecular complexity index is 360. The molecule has 0 N–H and O–H groups in total. The van der Waals surface area contributed by atoms with Crippen LogP contribution in [0.15, 0.2) is 24.3 Å². The summed E-state index contributed by atoms with van der Waals surface area (Å²) in [5.41, 5.74) is 0.373. The predicted octanol–water partition coefficient (Wildman–Crippen LogP) is 2.83. The maximum atomic E-state index is 11.7. The monoisotopic (exact) mass is 238 g/mol. The van der Waals surface area contributed by atoms with E-state index in [9.17, 15) is 4.79 Å². The summed E-state index contributed by atoms with van der Waals surface area (Å²) >= 11 is 0. The van der Waals surface area contributed by atoms with Crippen molar-refractivity contribution in [3.8, 4) is 5.75 Å². The van der Waals surface area contributed by atoms with Crippen molar-refractivity contribution in [1.82, 2.24) is 0 Å². The van der Waals surface area contributed by atoms with Crippen LogP contribution in [0.5, 0.6) is 5.75 Å². The number of hydrogen-bond acceptors (Lipinski definition) is 4. The van der Waals surface area contributed by atoms with Gasteiger partial charge in [-0.3, -0.25) is 4.89 Å². The number of hydrogen-bond donors (Lipinski definition) is 0. The molecule has 94 valence electrons. The minimum atomic E-state index is -0.533. The summed E-state index contributed by atoms with van der Waals surface area (Å²) in [6.45, 7) is 6.68. The Hall–Kier alpha value is -1.55. The SMILES string of the molecule is CCOc1ccccc1C(=O)OOCC(C)C. The number of benzene rings is 1. The molecule has 0 fully saturated rings. The largest absolute Gasteiger partial charge is 0.493 e. The molecule has 4 heteroatoms. The van der Waals surface area contributed by atoms with Crippen molar-refractivity contribution in [2.75, 3.05) is 13.2 Å². The van der Waals surface area contributed by atoms with Crippen LogP contribution in [-0.4, -0.2) is 19.2 Å². The summed E-state index contributed by atoms with van der Waals surface area (Å²) in [4.78, 5) is 21.2. The zero-order valence-electron chi connectivity index (χ0n) is 10.4. The Balaban J connectivity index is 2.61. The van der Waals surface area contributed by atoms with E-state index < -0.39 is 5.97 Å². The molecule has 4 nitrogen and oxygen atoms in total. The van der Waals surface area contributed by atoms with E-state index in [1.807, 2.05) is 20.8 Å². The molecule has 17 heavy (non-hydrogen) atoms. The van der Waals surface area contributed by atoms with Gasteiger partial charge in [0.25, 0.3) is 0 Å². The summed E-state index contributed by atoms with van der Waals surface area (Å²) < 4.78 is 5.33. The molecule has 0 amide bonds. The maximum absolute atomic E-state index is 11.7. The van der Waals surface area contributed by atoms with E-state index in [2.05, 4.69) is 0 Å². The van der Waals surface area contributed by atoms with Crippen LogP contribution in [0.1, 0.15) is 31.1 Å². The molecular formula is C13H18O4. The molecule has 0 aliphatic carbocycles. The third-order valence-electron chi connectivity index (χ3n) is 1.94. The normalized spacial score (nSPS) is 10.4. The number of carbonyl (C=O) groups is 1. The molecule has 0 saturated carbocycles. The van der Waals surface area contributed by atoms with E-state index >= 15 is 0 Å². The fourth-order valence-corrected chi connectivity index (χ4v) is 1.19. The van der Waals surface area contributed by atoms with E-state index in [1.165, 1.54) is 0 Å². The van der Waals surface area contributed by atoms with Crippen molar-refractivity contribution in [3.63, 3.8) is 0 Å². The quantitative estimate of drug-likeness (QED) is 0.564. The highest BCUT2D eigenvalue weighted by atomic mass is 17.2. The minimum Gasteiger partial charge on any atom is -0.493 e. The maximum Gasteiger partial charge on any atom is 0.376 e. The molecule has 1 aromatic carbocycles. The fourth-order valence-electron chi connectivity index (χ4n) is 1.19. The first-order valence-electron chi connectivity index (χ1n) is 5.70. The zero-order chi connectivity index (χ0) is 12.7. The molecule has 1 rings (SSSR count). The summed E-state index contributed by atoms with van der Waals surface area (Å²) in [5, 5.41) is 0. The lowest BCUT2D eigenvalue weighted by Gasteiger charge is -2.09. The fraction of sp³-hybridized carbons (Fsp3) is 0.462. The lowest BCUT2D eigenvalue weighted by molar-refractivity contribution is -0.247. The Morgan fingerprint density at radius 2 is 2.00 bits per heavy atom. The minimum absolute atomic E-state index is 0.310. The van der Waals surface area contributed by atoms with Crippen molar-refractivity contribution in [2.45, 2.75) is 20.8 Å². The number of carbonyl (C=O) groups excluding carboxylic acids is 1. The van der Waals surface area contributed by atoms with Gasteiger partial charge in [-0.1, -0.05) is 26.0 Å². The Morgan fingerprint density at radius 1 is 1.29 bits per heavy atom. The van der Waals surface area contributed by atoms with Gasteiger partial charge in [0.2, 0.25) is 0 Å². The molecular weight excluding hydrogens is 220 g/mol. The average Bonchev–Trinajstić information content (AvgIpc) is 2.29. The smallest absolute Gasteiger partial charge is 0.376 e. The molecule has 0 saturated heterocycles. The van der Waals surface area contributed by atoms with Crippen LogP contribution in [-0.2, 0) is 9.78 Å². The first-order chi connectivity index (χ1) is 8.15. The molecule has 0 spiro atoms. The summed E-state index contributed by atoms with van der Waals surface area (Å²) in [6.07, 6.45) is 0. The van der Waals surface area contributed by atoms with Gasteiger partial charge in [-0.15, -0.1) is 0 Å². The first-order valence-corrected chi connectivity index (χ1v) is 5.70. The number of ether oxygens (including phenoxy) is 1. The van der Waals surface area contributed by atoms with Gasteiger partial charge in [0.15, 0.2) is 0 Å². The average molecular weight is 238 g/mol. The van der Waals surface area contributed by atoms with Crippen LogP contribution >= 0.6 is 0 Å². The molecule has 0 heterocycles. The van der Waals surface area contributed by atoms with Crippen molar-refractivity contribution >= 4 is 5.97 Å². The van der Waals surface area contributed by atoms with Crippen LogP contribution in [0.25, 0.3) is 0 Å². The lowest BCUT2D eigenvalue weighted by atomic mass is 10.2. The molecule has 0 unspecified atom stereocenters. The molecule has 0 aliphatic rings. The van der Waals surface area contributed by atoms with Gasteiger partial charge in [-0.05, 0) is 25.0 Å². The summed E-state index contributed by atoms with van der Waals surface area (Å²) in [7, 11) is 0. The Morgan fingerprint density at radius 3 is 2.65 bits per heavy atom. The highest BCUT2D eigenvalue weighted by molar-refractivity contribution is 5.92. The highest BCUT2D eigenvalue weighted by Gasteiger charge is 2.14. The molecule has 0 bridgehead atoms. The lowest BCUT2D eigenvalue weighted by Crippen LogP contribution is -2.11. The van der Waals surface area contributed by atoms with Gasteiger partial charge >= 0.3 is 5.97 Å². The molecule has 0 aliphatic heterocycles. The van der Waals surface area contributed by atoms with E-state index in [-0.39, 0.29) is 0 Å². The third-order valence-corrected chi connectivity index (χ3v) is 1.94. The second kappa shape index (κ2) is 6.91. The molecule has 0 atom stereocenters. The Labute approximate surface area is 101 Å². The van der Waals surface area contributed by atoms with E-state index in [4.69, 9.17) is 14.5 Å². The van der Waals surface area contributed by atoms with Gasteiger partial charge in [-0.25, -0.2) is 4.79 Å².